The molecule has 0 aliphatic heterocycles. The number of nitrogens with zero attached hydrogens (tertiary/aromatic N) is 3. The molecule has 2 aromatic carbocycles. The van der Waals surface area contributed by atoms with Crippen LogP contribution in [-0.2, 0) is 11.2 Å². The maximum Gasteiger partial charge on any atom is 0.0946 e. The van der Waals surface area contributed by atoms with E-state index in [-0.39, 0.29) is 5.92 Å². The van der Waals surface area contributed by atoms with E-state index >= 15 is 0 Å². The topological polar surface area (TPSA) is 58.0 Å². The van der Waals surface area contributed by atoms with E-state index < -0.39 is 0 Å². The highest BCUT2D eigenvalue weighted by Gasteiger charge is 2.23. The summed E-state index contributed by atoms with van der Waals surface area (Å²) in [5.41, 5.74) is 6.18. The van der Waals surface area contributed by atoms with Crippen LogP contribution < -0.4 is 4.90 Å². The van der Waals surface area contributed by atoms with E-state index in [9.17, 15) is 5.21 Å². The highest BCUT2D eigenvalue weighted by Crippen LogP contribution is 2.29. The zero-order chi connectivity index (χ0) is 21.3. The monoisotopic (exact) mass is 403 g/mol. The van der Waals surface area contributed by atoms with Crippen molar-refractivity contribution in [2.45, 2.75) is 19.3 Å². The molecule has 0 saturated heterocycles. The fourth-order valence-corrected chi connectivity index (χ4v) is 3.66. The fraction of sp³-hybridized carbons (Fsp3) is 0.280. The summed E-state index contributed by atoms with van der Waals surface area (Å²) in [7, 11) is 3.77. The highest BCUT2D eigenvalue weighted by atomic mass is 16.5. The number of ether oxygens (including phenoxy) is 1. The molecule has 30 heavy (non-hydrogen) atoms. The predicted octanol–water partition coefficient (Wildman–Crippen LogP) is 4.68. The molecule has 3 rings (SSSR count). The lowest BCUT2D eigenvalue weighted by molar-refractivity contribution is 0.206. The van der Waals surface area contributed by atoms with Crippen LogP contribution in [0.3, 0.4) is 0 Å². The molecule has 156 valence electrons. The summed E-state index contributed by atoms with van der Waals surface area (Å²) >= 11 is 0. The Morgan fingerprint density at radius 1 is 1.07 bits per heavy atom. The molecule has 1 aromatic heterocycles. The second-order valence-electron chi connectivity index (χ2n) is 7.42. The van der Waals surface area contributed by atoms with Crippen molar-refractivity contribution in [2.75, 3.05) is 32.2 Å². The van der Waals surface area contributed by atoms with E-state index in [0.717, 1.165) is 29.8 Å². The second kappa shape index (κ2) is 10.6. The van der Waals surface area contributed by atoms with E-state index in [1.54, 1.807) is 19.5 Å². The summed E-state index contributed by atoms with van der Waals surface area (Å²) in [6.45, 7) is 3.62. The Kier molecular flexibility index (Phi) is 7.57. The number of oxime groups is 1. The Morgan fingerprint density at radius 3 is 2.40 bits per heavy atom. The van der Waals surface area contributed by atoms with Gasteiger partial charge >= 0.3 is 0 Å². The van der Waals surface area contributed by atoms with Crippen molar-refractivity contribution in [2.24, 2.45) is 5.16 Å². The van der Waals surface area contributed by atoms with E-state index in [1.807, 2.05) is 24.3 Å². The van der Waals surface area contributed by atoms with Crippen molar-refractivity contribution in [3.05, 3.63) is 95.3 Å². The van der Waals surface area contributed by atoms with Gasteiger partial charge in [-0.3, -0.25) is 4.98 Å². The minimum atomic E-state index is -0.0735. The number of aromatic nitrogens is 1. The third-order valence-corrected chi connectivity index (χ3v) is 5.43. The second-order valence-corrected chi connectivity index (χ2v) is 7.42. The fourth-order valence-electron chi connectivity index (χ4n) is 3.66. The Labute approximate surface area is 178 Å². The summed E-state index contributed by atoms with van der Waals surface area (Å²) in [6.07, 6.45) is 4.18. The number of likely N-dealkylation sites (N-methyl/N-ethyl adjacent to an activating group) is 1. The maximum atomic E-state index is 9.93. The molecule has 1 atom stereocenters. The number of rotatable bonds is 9. The first-order valence-electron chi connectivity index (χ1n) is 10.1. The molecule has 0 radical (unpaired) electrons. The van der Waals surface area contributed by atoms with Crippen molar-refractivity contribution in [1.82, 2.24) is 4.98 Å². The van der Waals surface area contributed by atoms with Crippen molar-refractivity contribution < 1.29 is 9.94 Å². The van der Waals surface area contributed by atoms with Gasteiger partial charge < -0.3 is 14.8 Å². The van der Waals surface area contributed by atoms with Crippen LogP contribution in [0.1, 0.15) is 28.2 Å². The van der Waals surface area contributed by atoms with Gasteiger partial charge in [-0.15, -0.1) is 0 Å². The molecule has 5 heteroatoms. The molecule has 0 spiro atoms. The minimum Gasteiger partial charge on any atom is -0.411 e. The summed E-state index contributed by atoms with van der Waals surface area (Å²) < 4.78 is 5.17. The van der Waals surface area contributed by atoms with E-state index in [4.69, 9.17) is 4.74 Å². The summed E-state index contributed by atoms with van der Waals surface area (Å²) in [5, 5.41) is 13.6. The van der Waals surface area contributed by atoms with Crippen LogP contribution in [0.5, 0.6) is 0 Å². The van der Waals surface area contributed by atoms with Gasteiger partial charge in [0, 0.05) is 50.3 Å². The minimum absolute atomic E-state index is 0.0735. The first-order valence-corrected chi connectivity index (χ1v) is 10.1. The van der Waals surface area contributed by atoms with Crippen molar-refractivity contribution in [3.63, 3.8) is 0 Å². The maximum absolute atomic E-state index is 9.93. The number of benzene rings is 2. The first-order chi connectivity index (χ1) is 14.6. The lowest BCUT2D eigenvalue weighted by Gasteiger charge is -2.22. The average molecular weight is 404 g/mol. The molecule has 5 nitrogen and oxygen atoms in total. The first kappa shape index (κ1) is 21.5. The molecule has 1 heterocycles. The van der Waals surface area contributed by atoms with Crippen LogP contribution in [0.25, 0.3) is 0 Å². The Balaban J connectivity index is 1.91. The van der Waals surface area contributed by atoms with Crippen LogP contribution in [0, 0.1) is 6.92 Å². The lowest BCUT2D eigenvalue weighted by atomic mass is 9.83. The van der Waals surface area contributed by atoms with Crippen LogP contribution in [0.15, 0.2) is 78.2 Å². The number of pyridine rings is 1. The standard InChI is InChI=1S/C25H29N3O2/c1-19-6-4-5-7-23(19)24(25(27-29)21-12-14-26-15-13-21)18-20-8-10-22(11-9-20)28(2)16-17-30-3/h4-15,24,29H,16-18H2,1-3H3/b27-25-. The number of anilines is 1. The summed E-state index contributed by atoms with van der Waals surface area (Å²) in [4.78, 5) is 6.26. The highest BCUT2D eigenvalue weighted by molar-refractivity contribution is 6.05. The molecule has 0 bridgehead atoms. The molecule has 1 unspecified atom stereocenters. The number of hydrogen-bond donors (Lipinski definition) is 1. The van der Waals surface area contributed by atoms with Gasteiger partial charge in [-0.2, -0.15) is 0 Å². The van der Waals surface area contributed by atoms with Gasteiger partial charge in [-0.05, 0) is 54.3 Å². The lowest BCUT2D eigenvalue weighted by Crippen LogP contribution is -2.22. The van der Waals surface area contributed by atoms with Gasteiger partial charge in [0.25, 0.3) is 0 Å². The van der Waals surface area contributed by atoms with Crippen molar-refractivity contribution >= 4 is 11.4 Å². The zero-order valence-corrected chi connectivity index (χ0v) is 17.8. The molecule has 0 fully saturated rings. The normalized spacial score (nSPS) is 12.6. The molecular formula is C25H29N3O2. The smallest absolute Gasteiger partial charge is 0.0946 e. The molecule has 3 aromatic rings. The number of methoxy groups -OCH3 is 1. The quantitative estimate of drug-likeness (QED) is 0.320. The van der Waals surface area contributed by atoms with E-state index in [1.165, 1.54) is 11.1 Å². The molecule has 0 saturated carbocycles. The van der Waals surface area contributed by atoms with Crippen LogP contribution >= 0.6 is 0 Å². The van der Waals surface area contributed by atoms with Gasteiger partial charge in [-0.1, -0.05) is 41.6 Å². The van der Waals surface area contributed by atoms with Gasteiger partial charge in [-0.25, -0.2) is 0 Å². The van der Waals surface area contributed by atoms with Crippen molar-refractivity contribution in [3.8, 4) is 0 Å². The largest absolute Gasteiger partial charge is 0.411 e. The average Bonchev–Trinajstić information content (AvgIpc) is 2.79. The van der Waals surface area contributed by atoms with Gasteiger partial charge in [0.15, 0.2) is 0 Å². The number of aryl methyl sites for hydroxylation is 1. The number of hydrogen-bond acceptors (Lipinski definition) is 5. The zero-order valence-electron chi connectivity index (χ0n) is 17.8. The van der Waals surface area contributed by atoms with Crippen LogP contribution in [0.4, 0.5) is 5.69 Å². The predicted molar refractivity (Wildman–Crippen MR) is 122 cm³/mol. The Hall–Kier alpha value is -3.18. The molecule has 1 N–H and O–H groups in total. The van der Waals surface area contributed by atoms with E-state index in [2.05, 4.69) is 65.4 Å². The third-order valence-electron chi connectivity index (χ3n) is 5.43. The Morgan fingerprint density at radius 2 is 1.77 bits per heavy atom. The molecule has 0 aliphatic rings. The van der Waals surface area contributed by atoms with E-state index in [0.29, 0.717) is 12.3 Å². The van der Waals surface area contributed by atoms with Gasteiger partial charge in [0.1, 0.15) is 0 Å². The SMILES string of the molecule is COCCN(C)c1ccc(CC(/C(=N\O)c2ccncc2)c2ccccc2C)cc1. The van der Waals surface area contributed by atoms with Gasteiger partial charge in [0.05, 0.1) is 12.3 Å². The third kappa shape index (κ3) is 5.24. The van der Waals surface area contributed by atoms with Crippen LogP contribution in [-0.4, -0.2) is 43.2 Å². The summed E-state index contributed by atoms with van der Waals surface area (Å²) in [5.74, 6) is -0.0735. The molecule has 0 aliphatic carbocycles. The Bertz CT molecular complexity index is 956. The van der Waals surface area contributed by atoms with Crippen molar-refractivity contribution in [1.29, 1.82) is 0 Å². The molecular weight excluding hydrogens is 374 g/mol. The van der Waals surface area contributed by atoms with Gasteiger partial charge in [0.2, 0.25) is 0 Å². The van der Waals surface area contributed by atoms with Crippen LogP contribution in [0.2, 0.25) is 0 Å². The molecule has 0 amide bonds. The summed E-state index contributed by atoms with van der Waals surface area (Å²) in [6, 6.07) is 20.6.